The number of aliphatic hydroxyl groups excluding tert-OH is 3. The van der Waals surface area contributed by atoms with Gasteiger partial charge in [0.2, 0.25) is 17.7 Å². The maximum Gasteiger partial charge on any atom is 0.306 e. The molecule has 5 N–H and O–H groups in total. The number of amides is 3. The molecule has 93 heavy (non-hydrogen) atoms. The van der Waals surface area contributed by atoms with Crippen LogP contribution in [0.4, 0.5) is 0 Å². The fourth-order valence-electron chi connectivity index (χ4n) is 9.38. The third-order valence-electron chi connectivity index (χ3n) is 13.5. The Morgan fingerprint density at radius 1 is 0.484 bits per heavy atom. The highest BCUT2D eigenvalue weighted by atomic mass is 16.8. The molecule has 522 valence electrons. The van der Waals surface area contributed by atoms with Crippen LogP contribution in [0.2, 0.25) is 0 Å². The highest BCUT2D eigenvalue weighted by Gasteiger charge is 2.54. The fraction of sp³-hybridized carbons (Fsp3) is 0.695. The summed E-state index contributed by atoms with van der Waals surface area (Å²) in [7, 11) is 0. The van der Waals surface area contributed by atoms with Crippen molar-refractivity contribution in [2.75, 3.05) is 78.8 Å². The van der Waals surface area contributed by atoms with Crippen molar-refractivity contribution in [3.8, 4) is 0 Å². The molecule has 0 radical (unpaired) electrons. The van der Waals surface area contributed by atoms with Crippen molar-refractivity contribution in [3.05, 3.63) is 35.9 Å². The van der Waals surface area contributed by atoms with Crippen LogP contribution >= 0.6 is 0 Å². The Balaban J connectivity index is 1.73. The number of rotatable bonds is 36. The maximum absolute atomic E-state index is 15.0. The first-order valence-corrected chi connectivity index (χ1v) is 28.7. The van der Waals surface area contributed by atoms with Crippen LogP contribution in [0, 0.1) is 0 Å². The Morgan fingerprint density at radius 3 is 1.42 bits per heavy atom. The molecule has 3 aliphatic rings. The zero-order valence-corrected chi connectivity index (χ0v) is 51.0. The monoisotopic (exact) mass is 1340 g/mol. The second kappa shape index (κ2) is 39.9. The molecule has 34 heteroatoms. The molecule has 0 aromatic heterocycles. The van der Waals surface area contributed by atoms with Gasteiger partial charge in [0.1, 0.15) is 50.3 Å². The van der Waals surface area contributed by atoms with Gasteiger partial charge in [-0.2, -0.15) is 0 Å². The average Bonchev–Trinajstić information content (AvgIpc) is 0.792. The van der Waals surface area contributed by atoms with E-state index >= 15 is 0 Å². The molecule has 34 nitrogen and oxygen atoms in total. The molecule has 3 amide bonds. The number of nitrogens with zero attached hydrogens (tertiary/aromatic N) is 2. The first kappa shape index (κ1) is 65.5. The molecule has 3 saturated heterocycles. The van der Waals surface area contributed by atoms with Gasteiger partial charge in [-0.25, -0.2) is 0 Å². The number of carbonyl (C=O) groups excluding carboxylic acids is 12. The topological polar surface area (TPSA) is 435 Å². The number of unbranched alkanes of at least 4 members (excludes halogenated alkanes) is 2. The molecule has 0 spiro atoms. The lowest BCUT2D eigenvalue weighted by Gasteiger charge is -2.44. The number of carbonyl (C=O) groups is 12. The van der Waals surface area contributed by atoms with E-state index in [-0.39, 0.29) is 32.7 Å². The second-order valence-electron chi connectivity index (χ2n) is 20.7. The minimum absolute atomic E-state index is 0.0420. The molecule has 0 bridgehead atoms. The van der Waals surface area contributed by atoms with E-state index in [0.717, 1.165) is 15.4 Å². The molecule has 3 fully saturated rings. The van der Waals surface area contributed by atoms with Crippen LogP contribution in [0.3, 0.4) is 0 Å². The third-order valence-corrected chi connectivity index (χ3v) is 13.5. The summed E-state index contributed by atoms with van der Waals surface area (Å²) in [6.07, 6.45) is -25.4. The van der Waals surface area contributed by atoms with Gasteiger partial charge in [0, 0.05) is 98.8 Å². The normalized spacial score (nSPS) is 26.9. The van der Waals surface area contributed by atoms with E-state index in [0.29, 0.717) is 19.3 Å². The van der Waals surface area contributed by atoms with Crippen LogP contribution in [0.5, 0.6) is 0 Å². The zero-order valence-electron chi connectivity index (χ0n) is 59.0. The number of nitrogens with one attached hydrogen (secondary N) is 2. The summed E-state index contributed by atoms with van der Waals surface area (Å²) in [5, 5.41) is 36.0. The van der Waals surface area contributed by atoms with Crippen molar-refractivity contribution < 1.29 is 155 Å². The predicted octanol–water partition coefficient (Wildman–Crippen LogP) is -2.30. The first-order chi connectivity index (χ1) is 48.3. The first-order valence-electron chi connectivity index (χ1n) is 34.4. The van der Waals surface area contributed by atoms with Crippen molar-refractivity contribution in [3.63, 3.8) is 0 Å². The smallest absolute Gasteiger partial charge is 0.306 e. The van der Waals surface area contributed by atoms with Gasteiger partial charge in [-0.3, -0.25) is 62.4 Å². The lowest BCUT2D eigenvalue weighted by Crippen LogP contribution is -2.63. The summed E-state index contributed by atoms with van der Waals surface area (Å²) < 4.78 is 144. The van der Waals surface area contributed by atoms with Gasteiger partial charge in [-0.15, -0.1) is 0 Å². The van der Waals surface area contributed by atoms with Crippen LogP contribution in [-0.4, -0.2) is 268 Å². The van der Waals surface area contributed by atoms with E-state index in [1.54, 1.807) is 24.3 Å². The number of benzene rings is 1. The van der Waals surface area contributed by atoms with Crippen molar-refractivity contribution in [1.82, 2.24) is 20.4 Å². The predicted molar refractivity (Wildman–Crippen MR) is 308 cm³/mol. The SMILES string of the molecule is [2H]CC(=O)OC[C@H]1OC(OCCN(CCOC2O[C@H](COC(=O)C[2H])[C@@H](OC(=O)C[2H])[C@H](OC(=O)C[2H])[C@@H]2OC(=O)C[2H])C(=O)CN(CC(=O)NCCCCCC(=O)OCc2ccccc2)CC(=O)NCCO[C@@H]2O[C@@H](C)[C@@H](O)[C@@H](O)[C@@H]2O)[C@@H](OC(=O)C[2H])[C@@H](OC(=O)C[2H])[C@@H]1OC(=O)C[2H]. The zero-order chi connectivity index (χ0) is 74.6. The van der Waals surface area contributed by atoms with Gasteiger partial charge in [-0.05, 0) is 25.3 Å². The van der Waals surface area contributed by atoms with Crippen LogP contribution < -0.4 is 10.6 Å². The molecule has 15 atom stereocenters. The molecule has 0 saturated carbocycles. The van der Waals surface area contributed by atoms with E-state index in [2.05, 4.69) is 10.6 Å². The Labute approximate surface area is 547 Å². The quantitative estimate of drug-likeness (QED) is 0.0268. The minimum atomic E-state index is -2.04. The van der Waals surface area contributed by atoms with E-state index in [1.807, 2.05) is 6.07 Å². The Bertz CT molecular complexity index is 2730. The molecule has 3 heterocycles. The van der Waals surface area contributed by atoms with Crippen LogP contribution in [0.25, 0.3) is 0 Å². The number of hydrogen-bond acceptors (Lipinski definition) is 31. The lowest BCUT2D eigenvalue weighted by atomic mass is 9.98. The summed E-state index contributed by atoms with van der Waals surface area (Å²) in [5.41, 5.74) is 0.789. The molecule has 2 unspecified atom stereocenters. The van der Waals surface area contributed by atoms with E-state index in [1.165, 1.54) is 6.92 Å². The Morgan fingerprint density at radius 2 is 0.935 bits per heavy atom. The Hall–Kier alpha value is -7.54. The molecular weight excluding hydrogens is 1240 g/mol. The van der Waals surface area contributed by atoms with Gasteiger partial charge >= 0.3 is 53.7 Å². The largest absolute Gasteiger partial charge is 0.463 e. The summed E-state index contributed by atoms with van der Waals surface area (Å²) >= 11 is 0. The summed E-state index contributed by atoms with van der Waals surface area (Å²) in [6.45, 7) is -14.4. The van der Waals surface area contributed by atoms with Gasteiger partial charge in [0.05, 0.1) is 45.6 Å². The van der Waals surface area contributed by atoms with Gasteiger partial charge in [0.25, 0.3) is 0 Å². The number of esters is 9. The number of hydrogen-bond donors (Lipinski definition) is 5. The highest BCUT2D eigenvalue weighted by molar-refractivity contribution is 5.84. The standard InChI is InChI=1S/C59H86N4O30/c1-32-48(76)49(77)50(78)57(85-32)79-23-20-61-45(73)27-62(26-44(72)60-19-15-11-14-18-47(75)84-29-41-16-12-10-13-17-41)28-46(74)63(21-24-80-58-55(90-39(8)70)53(88-37(6)68)51(86-35(4)66)42(92-58)30-82-33(2)64)22-25-81-59-56(91-40(9)71)54(89-38(7)69)52(87-36(5)67)43(93-59)31-83-34(3)65/h10,12-13,16-17,32,42-43,48-59,76-78H,11,14-15,18-31H2,1-9H3,(H,60,72)(H,61,73)/t32-,42+,43+,48+,49+,50-,51+,52+,53-,54-,55-,56-,57+,58?,59?/m0/s1/i2D,3D,4D,5D,6D,7D,8D,9D. The molecular formula is C59H86N4O30. The molecule has 0 aliphatic carbocycles. The second-order valence-corrected chi connectivity index (χ2v) is 20.7. The third kappa shape index (κ3) is 27.9. The highest BCUT2D eigenvalue weighted by Crippen LogP contribution is 2.32. The summed E-state index contributed by atoms with van der Waals surface area (Å²) in [4.78, 5) is 158. The van der Waals surface area contributed by atoms with Crippen molar-refractivity contribution >= 4 is 71.4 Å². The van der Waals surface area contributed by atoms with Crippen LogP contribution in [0.1, 0.15) is 104 Å². The minimum Gasteiger partial charge on any atom is -0.463 e. The number of aliphatic hydroxyl groups is 3. The lowest BCUT2D eigenvalue weighted by molar-refractivity contribution is -0.309. The van der Waals surface area contributed by atoms with Gasteiger partial charge in [0.15, 0.2) is 55.5 Å². The Kier molecular flexibility index (Phi) is 28.1. The maximum atomic E-state index is 15.0. The van der Waals surface area contributed by atoms with Gasteiger partial charge < -0.3 is 102 Å². The van der Waals surface area contributed by atoms with Crippen molar-refractivity contribution in [2.24, 2.45) is 0 Å². The van der Waals surface area contributed by atoms with Gasteiger partial charge in [-0.1, -0.05) is 36.8 Å². The molecule has 3 aliphatic heterocycles. The van der Waals surface area contributed by atoms with E-state index < -0.39 is 278 Å². The summed E-state index contributed by atoms with van der Waals surface area (Å²) in [5.74, 6) is -13.2. The number of ether oxygens (including phenoxy) is 15. The molecule has 1 aromatic rings. The summed E-state index contributed by atoms with van der Waals surface area (Å²) in [6, 6.07) is 8.99. The van der Waals surface area contributed by atoms with Crippen LogP contribution in [-0.2, 0) is 135 Å². The van der Waals surface area contributed by atoms with E-state index in [9.17, 15) is 72.9 Å². The van der Waals surface area contributed by atoms with Crippen LogP contribution in [0.15, 0.2) is 30.3 Å². The fourth-order valence-corrected chi connectivity index (χ4v) is 9.38. The molecule has 4 rings (SSSR count). The van der Waals surface area contributed by atoms with Crippen molar-refractivity contribution in [1.29, 1.82) is 0 Å². The van der Waals surface area contributed by atoms with Crippen molar-refractivity contribution in [2.45, 2.75) is 187 Å². The van der Waals surface area contributed by atoms with E-state index in [4.69, 9.17) is 82.0 Å². The molecule has 1 aromatic carbocycles. The average molecular weight is 1340 g/mol.